The fourth-order valence-electron chi connectivity index (χ4n) is 1.90. The Bertz CT molecular complexity index is 588. The van der Waals surface area contributed by atoms with Crippen LogP contribution < -0.4 is 5.32 Å². The van der Waals surface area contributed by atoms with Crippen molar-refractivity contribution in [2.24, 2.45) is 0 Å². The quantitative estimate of drug-likeness (QED) is 0.710. The van der Waals surface area contributed by atoms with Gasteiger partial charge in [0.25, 0.3) is 0 Å². The van der Waals surface area contributed by atoms with Gasteiger partial charge in [-0.15, -0.1) is 0 Å². The molecule has 0 fully saturated rings. The summed E-state index contributed by atoms with van der Waals surface area (Å²) in [5, 5.41) is 4.57. The Morgan fingerprint density at radius 2 is 1.63 bits per heavy atom. The molecule has 0 spiro atoms. The van der Waals surface area contributed by atoms with E-state index in [1.165, 1.54) is 11.1 Å². The molecular formula is C15H14BrCl2N. The Hall–Kier alpha value is -0.700. The molecule has 0 aromatic heterocycles. The summed E-state index contributed by atoms with van der Waals surface area (Å²) in [5.41, 5.74) is 4.64. The maximum absolute atomic E-state index is 6.00. The summed E-state index contributed by atoms with van der Waals surface area (Å²) in [5.74, 6) is 0. The van der Waals surface area contributed by atoms with Crippen molar-refractivity contribution in [3.05, 3.63) is 61.5 Å². The van der Waals surface area contributed by atoms with E-state index in [0.29, 0.717) is 10.0 Å². The second-order valence-electron chi connectivity index (χ2n) is 4.53. The third kappa shape index (κ3) is 3.65. The first-order chi connectivity index (χ1) is 8.97. The highest BCUT2D eigenvalue weighted by Crippen LogP contribution is 2.26. The number of anilines is 1. The number of hydrogen-bond acceptors (Lipinski definition) is 1. The smallest absolute Gasteiger partial charge is 0.0595 e. The third-order valence-electron chi connectivity index (χ3n) is 2.92. The van der Waals surface area contributed by atoms with E-state index in [1.807, 2.05) is 18.2 Å². The van der Waals surface area contributed by atoms with E-state index >= 15 is 0 Å². The highest BCUT2D eigenvalue weighted by molar-refractivity contribution is 9.10. The molecular weight excluding hydrogens is 345 g/mol. The minimum absolute atomic E-state index is 0.584. The first-order valence-electron chi connectivity index (χ1n) is 5.92. The van der Waals surface area contributed by atoms with Crippen molar-refractivity contribution in [3.63, 3.8) is 0 Å². The van der Waals surface area contributed by atoms with Crippen LogP contribution in [0.5, 0.6) is 0 Å². The molecule has 0 atom stereocenters. The molecule has 0 aliphatic heterocycles. The molecule has 1 nitrogen and oxygen atoms in total. The second kappa shape index (κ2) is 6.17. The molecule has 100 valence electrons. The zero-order chi connectivity index (χ0) is 14.0. The number of halogens is 3. The third-order valence-corrected chi connectivity index (χ3v) is 4.91. The molecule has 0 unspecified atom stereocenters. The monoisotopic (exact) mass is 357 g/mol. The van der Waals surface area contributed by atoms with Gasteiger partial charge in [-0.25, -0.2) is 0 Å². The summed E-state index contributed by atoms with van der Waals surface area (Å²) in [6, 6.07) is 9.91. The van der Waals surface area contributed by atoms with Gasteiger partial charge in [-0.05, 0) is 54.8 Å². The van der Waals surface area contributed by atoms with Gasteiger partial charge in [0.1, 0.15) is 0 Å². The van der Waals surface area contributed by atoms with E-state index in [1.54, 1.807) is 0 Å². The van der Waals surface area contributed by atoms with Crippen molar-refractivity contribution in [3.8, 4) is 0 Å². The molecule has 0 saturated heterocycles. The van der Waals surface area contributed by atoms with Crippen LogP contribution in [-0.2, 0) is 6.54 Å². The Labute approximate surface area is 132 Å². The van der Waals surface area contributed by atoms with Crippen molar-refractivity contribution >= 4 is 44.8 Å². The Balaban J connectivity index is 2.12. The number of benzene rings is 2. The first kappa shape index (κ1) is 14.7. The number of nitrogens with one attached hydrogen (secondary N) is 1. The van der Waals surface area contributed by atoms with Gasteiger partial charge >= 0.3 is 0 Å². The molecule has 0 saturated carbocycles. The van der Waals surface area contributed by atoms with E-state index in [9.17, 15) is 0 Å². The van der Waals surface area contributed by atoms with Crippen LogP contribution in [0.4, 0.5) is 5.69 Å². The molecule has 0 aliphatic carbocycles. The fraction of sp³-hybridized carbons (Fsp3) is 0.200. The zero-order valence-corrected chi connectivity index (χ0v) is 13.8. The lowest BCUT2D eigenvalue weighted by Gasteiger charge is -2.11. The maximum Gasteiger partial charge on any atom is 0.0595 e. The van der Waals surface area contributed by atoms with Crippen LogP contribution >= 0.6 is 39.1 Å². The second-order valence-corrected chi connectivity index (χ2v) is 6.13. The summed E-state index contributed by atoms with van der Waals surface area (Å²) >= 11 is 15.5. The summed E-state index contributed by atoms with van der Waals surface area (Å²) in [4.78, 5) is 0. The fourth-order valence-corrected chi connectivity index (χ4v) is 2.45. The SMILES string of the molecule is Cc1cc(NCc2ccc(Cl)c(Cl)c2)cc(C)c1Br. The van der Waals surface area contributed by atoms with Gasteiger partial charge in [0.05, 0.1) is 10.0 Å². The van der Waals surface area contributed by atoms with Gasteiger partial charge in [-0.2, -0.15) is 0 Å². The molecule has 19 heavy (non-hydrogen) atoms. The molecule has 0 heterocycles. The van der Waals surface area contributed by atoms with Crippen LogP contribution in [0.2, 0.25) is 10.0 Å². The lowest BCUT2D eigenvalue weighted by molar-refractivity contribution is 1.14. The summed E-state index contributed by atoms with van der Waals surface area (Å²) in [7, 11) is 0. The molecule has 2 aromatic carbocycles. The highest BCUT2D eigenvalue weighted by Gasteiger charge is 2.03. The molecule has 2 rings (SSSR count). The van der Waals surface area contributed by atoms with E-state index in [-0.39, 0.29) is 0 Å². The van der Waals surface area contributed by atoms with Gasteiger partial charge in [0, 0.05) is 16.7 Å². The van der Waals surface area contributed by atoms with Crippen molar-refractivity contribution in [2.75, 3.05) is 5.32 Å². The minimum Gasteiger partial charge on any atom is -0.381 e. The molecule has 1 N–H and O–H groups in total. The number of hydrogen-bond donors (Lipinski definition) is 1. The molecule has 2 aromatic rings. The molecule has 0 radical (unpaired) electrons. The van der Waals surface area contributed by atoms with E-state index in [0.717, 1.165) is 22.3 Å². The predicted octanol–water partition coefficient (Wildman–Crippen LogP) is 5.98. The first-order valence-corrected chi connectivity index (χ1v) is 7.47. The predicted molar refractivity (Wildman–Crippen MR) is 87.4 cm³/mol. The van der Waals surface area contributed by atoms with Crippen LogP contribution in [-0.4, -0.2) is 0 Å². The van der Waals surface area contributed by atoms with Gasteiger partial charge in [-0.3, -0.25) is 0 Å². The highest BCUT2D eigenvalue weighted by atomic mass is 79.9. The van der Waals surface area contributed by atoms with Crippen LogP contribution in [0.3, 0.4) is 0 Å². The van der Waals surface area contributed by atoms with E-state index in [2.05, 4.69) is 47.2 Å². The molecule has 0 aliphatic rings. The topological polar surface area (TPSA) is 12.0 Å². The summed E-state index contributed by atoms with van der Waals surface area (Å²) in [6.07, 6.45) is 0. The van der Waals surface area contributed by atoms with Crippen LogP contribution in [0.25, 0.3) is 0 Å². The maximum atomic E-state index is 6.00. The molecule has 0 amide bonds. The van der Waals surface area contributed by atoms with E-state index < -0.39 is 0 Å². The standard InChI is InChI=1S/C15H14BrCl2N/c1-9-5-12(6-10(2)15(9)16)19-8-11-3-4-13(17)14(18)7-11/h3-7,19H,8H2,1-2H3. The van der Waals surface area contributed by atoms with Crippen LogP contribution in [0, 0.1) is 13.8 Å². The van der Waals surface area contributed by atoms with Crippen molar-refractivity contribution in [2.45, 2.75) is 20.4 Å². The Morgan fingerprint density at radius 3 is 2.21 bits per heavy atom. The molecule has 4 heteroatoms. The van der Waals surface area contributed by atoms with Crippen molar-refractivity contribution < 1.29 is 0 Å². The number of rotatable bonds is 3. The van der Waals surface area contributed by atoms with Gasteiger partial charge < -0.3 is 5.32 Å². The minimum atomic E-state index is 0.584. The largest absolute Gasteiger partial charge is 0.381 e. The van der Waals surface area contributed by atoms with Crippen molar-refractivity contribution in [1.82, 2.24) is 0 Å². The number of aryl methyl sites for hydroxylation is 2. The average molecular weight is 359 g/mol. The summed E-state index contributed by atoms with van der Waals surface area (Å²) in [6.45, 7) is 4.89. The van der Waals surface area contributed by atoms with Gasteiger partial charge in [-0.1, -0.05) is 45.2 Å². The summed E-state index contributed by atoms with van der Waals surface area (Å²) < 4.78 is 1.16. The lowest BCUT2D eigenvalue weighted by atomic mass is 10.1. The van der Waals surface area contributed by atoms with Crippen LogP contribution in [0.15, 0.2) is 34.8 Å². The zero-order valence-electron chi connectivity index (χ0n) is 10.7. The molecule has 0 bridgehead atoms. The van der Waals surface area contributed by atoms with Crippen LogP contribution in [0.1, 0.15) is 16.7 Å². The average Bonchev–Trinajstić information content (AvgIpc) is 2.37. The van der Waals surface area contributed by atoms with E-state index in [4.69, 9.17) is 23.2 Å². The lowest BCUT2D eigenvalue weighted by Crippen LogP contribution is -2.00. The van der Waals surface area contributed by atoms with Crippen molar-refractivity contribution in [1.29, 1.82) is 0 Å². The normalized spacial score (nSPS) is 10.6. The Kier molecular flexibility index (Phi) is 4.77. The Morgan fingerprint density at radius 1 is 1.00 bits per heavy atom. The van der Waals surface area contributed by atoms with Gasteiger partial charge in [0.2, 0.25) is 0 Å². The van der Waals surface area contributed by atoms with Gasteiger partial charge in [0.15, 0.2) is 0 Å².